The number of aryl methyl sites for hydroxylation is 2. The molecule has 0 aliphatic carbocycles. The molecule has 1 saturated heterocycles. The summed E-state index contributed by atoms with van der Waals surface area (Å²) in [5.41, 5.74) is 1.91. The van der Waals surface area contributed by atoms with Gasteiger partial charge in [0.2, 0.25) is 0 Å². The van der Waals surface area contributed by atoms with E-state index in [1.165, 1.54) is 4.90 Å². The number of benzene rings is 1. The first-order valence-corrected chi connectivity index (χ1v) is 9.04. The highest BCUT2D eigenvalue weighted by atomic mass is 32.2. The molecule has 0 bridgehead atoms. The molecule has 1 atom stereocenters. The predicted octanol–water partition coefficient (Wildman–Crippen LogP) is 1.94. The van der Waals surface area contributed by atoms with Crippen molar-refractivity contribution >= 4 is 15.9 Å². The van der Waals surface area contributed by atoms with Gasteiger partial charge in [0, 0.05) is 13.1 Å². The first-order valence-electron chi connectivity index (χ1n) is 7.22. The van der Waals surface area contributed by atoms with Crippen LogP contribution in [0.2, 0.25) is 0 Å². The predicted molar refractivity (Wildman–Crippen MR) is 83.0 cm³/mol. The van der Waals surface area contributed by atoms with Crippen LogP contribution in [0, 0.1) is 19.7 Å². The van der Waals surface area contributed by atoms with Gasteiger partial charge < -0.3 is 10.2 Å². The number of halogens is 1. The van der Waals surface area contributed by atoms with Crippen LogP contribution in [0.15, 0.2) is 12.1 Å². The molecule has 0 aromatic heterocycles. The van der Waals surface area contributed by atoms with E-state index in [1.807, 2.05) is 6.92 Å². The Hall–Kier alpha value is -1.63. The molecule has 1 aromatic carbocycles. The van der Waals surface area contributed by atoms with Crippen LogP contribution in [0.3, 0.4) is 0 Å². The van der Waals surface area contributed by atoms with Crippen LogP contribution < -0.4 is 5.32 Å². The third kappa shape index (κ3) is 3.76. The highest BCUT2D eigenvalue weighted by Crippen LogP contribution is 2.20. The van der Waals surface area contributed by atoms with Crippen molar-refractivity contribution in [3.05, 3.63) is 34.6 Å². The molecule has 0 saturated carbocycles. The quantitative estimate of drug-likeness (QED) is 0.902. The largest absolute Gasteiger partial charge is 0.331 e. The second-order valence-electron chi connectivity index (χ2n) is 5.78. The van der Waals surface area contributed by atoms with Gasteiger partial charge in [0.15, 0.2) is 9.84 Å². The van der Waals surface area contributed by atoms with E-state index >= 15 is 0 Å². The average molecular weight is 328 g/mol. The molecule has 1 aliphatic heterocycles. The highest BCUT2D eigenvalue weighted by molar-refractivity contribution is 7.91. The van der Waals surface area contributed by atoms with Crippen LogP contribution in [-0.4, -0.2) is 43.9 Å². The lowest BCUT2D eigenvalue weighted by molar-refractivity contribution is 0.199. The third-order valence-electron chi connectivity index (χ3n) is 3.93. The van der Waals surface area contributed by atoms with Gasteiger partial charge in [0.05, 0.1) is 17.5 Å². The van der Waals surface area contributed by atoms with Crippen LogP contribution in [0.5, 0.6) is 0 Å². The van der Waals surface area contributed by atoms with Crippen molar-refractivity contribution in [3.63, 3.8) is 0 Å². The molecule has 22 heavy (non-hydrogen) atoms. The summed E-state index contributed by atoms with van der Waals surface area (Å²) in [5, 5.41) is 2.84. The molecule has 2 amide bonds. The van der Waals surface area contributed by atoms with Crippen molar-refractivity contribution in [2.24, 2.45) is 0 Å². The summed E-state index contributed by atoms with van der Waals surface area (Å²) < 4.78 is 36.4. The number of urea groups is 1. The number of nitrogens with zero attached hydrogens (tertiary/aromatic N) is 1. The smallest absolute Gasteiger partial charge is 0.317 e. The van der Waals surface area contributed by atoms with E-state index in [1.54, 1.807) is 26.0 Å². The molecule has 1 N–H and O–H groups in total. The maximum absolute atomic E-state index is 13.6. The molecule has 122 valence electrons. The fourth-order valence-corrected chi connectivity index (χ4v) is 3.71. The second-order valence-corrected chi connectivity index (χ2v) is 8.08. The minimum absolute atomic E-state index is 0.00354. The first kappa shape index (κ1) is 16.7. The maximum Gasteiger partial charge on any atom is 0.317 e. The Morgan fingerprint density at radius 2 is 1.73 bits per heavy atom. The molecule has 1 heterocycles. The molecule has 0 spiro atoms. The summed E-state index contributed by atoms with van der Waals surface area (Å²) in [4.78, 5) is 13.7. The topological polar surface area (TPSA) is 66.5 Å². The molecule has 2 rings (SSSR count). The molecule has 1 aliphatic rings. The Morgan fingerprint density at radius 3 is 2.23 bits per heavy atom. The van der Waals surface area contributed by atoms with E-state index in [4.69, 9.17) is 0 Å². The van der Waals surface area contributed by atoms with Gasteiger partial charge in [-0.25, -0.2) is 17.6 Å². The normalized spacial score (nSPS) is 18.8. The number of rotatable bonds is 2. The van der Waals surface area contributed by atoms with Gasteiger partial charge in [0.1, 0.15) is 5.82 Å². The van der Waals surface area contributed by atoms with Gasteiger partial charge in [-0.05, 0) is 37.5 Å². The van der Waals surface area contributed by atoms with E-state index in [0.717, 1.165) is 5.56 Å². The molecular formula is C15H21FN2O3S. The molecule has 1 unspecified atom stereocenters. The fraction of sp³-hybridized carbons (Fsp3) is 0.533. The monoisotopic (exact) mass is 328 g/mol. The van der Waals surface area contributed by atoms with Crippen molar-refractivity contribution < 1.29 is 17.6 Å². The van der Waals surface area contributed by atoms with Crippen molar-refractivity contribution in [1.29, 1.82) is 0 Å². The van der Waals surface area contributed by atoms with E-state index in [2.05, 4.69) is 5.32 Å². The summed E-state index contributed by atoms with van der Waals surface area (Å²) in [6, 6.07) is 2.87. The summed E-state index contributed by atoms with van der Waals surface area (Å²) in [6.45, 7) is 5.63. The van der Waals surface area contributed by atoms with Crippen molar-refractivity contribution in [2.75, 3.05) is 24.6 Å². The number of nitrogens with one attached hydrogen (secondary N) is 1. The Kier molecular flexibility index (Phi) is 4.75. The van der Waals surface area contributed by atoms with E-state index in [-0.39, 0.29) is 42.5 Å². The summed E-state index contributed by atoms with van der Waals surface area (Å²) in [6.07, 6.45) is 0. The van der Waals surface area contributed by atoms with Crippen molar-refractivity contribution in [2.45, 2.75) is 26.8 Å². The van der Waals surface area contributed by atoms with Gasteiger partial charge in [0.25, 0.3) is 0 Å². The van der Waals surface area contributed by atoms with Crippen LogP contribution in [0.1, 0.15) is 29.7 Å². The third-order valence-corrected chi connectivity index (χ3v) is 5.54. The number of carbonyl (C=O) groups excluding carboxylic acids is 1. The second kappa shape index (κ2) is 6.24. The number of sulfone groups is 1. The van der Waals surface area contributed by atoms with Crippen molar-refractivity contribution in [3.8, 4) is 0 Å². The SMILES string of the molecule is Cc1cc(C(C)NC(=O)N2CCS(=O)(=O)CC2)cc(C)c1F. The zero-order valence-electron chi connectivity index (χ0n) is 13.0. The van der Waals surface area contributed by atoms with Gasteiger partial charge in [-0.1, -0.05) is 12.1 Å². The highest BCUT2D eigenvalue weighted by Gasteiger charge is 2.25. The van der Waals surface area contributed by atoms with Gasteiger partial charge in [-0.15, -0.1) is 0 Å². The Morgan fingerprint density at radius 1 is 1.23 bits per heavy atom. The average Bonchev–Trinajstić information content (AvgIpc) is 2.43. The Bertz CT molecular complexity index is 651. The Balaban J connectivity index is 2.03. The summed E-state index contributed by atoms with van der Waals surface area (Å²) in [5.74, 6) is -0.226. The number of carbonyl (C=O) groups is 1. The molecule has 5 nitrogen and oxygen atoms in total. The van der Waals surface area contributed by atoms with Crippen LogP contribution in [-0.2, 0) is 9.84 Å². The summed E-state index contributed by atoms with van der Waals surface area (Å²) >= 11 is 0. The molecular weight excluding hydrogens is 307 g/mol. The lowest BCUT2D eigenvalue weighted by atomic mass is 10.0. The number of hydrogen-bond acceptors (Lipinski definition) is 3. The zero-order chi connectivity index (χ0) is 16.5. The van der Waals surface area contributed by atoms with Crippen LogP contribution >= 0.6 is 0 Å². The number of hydrogen-bond donors (Lipinski definition) is 1. The van der Waals surface area contributed by atoms with Crippen molar-refractivity contribution in [1.82, 2.24) is 10.2 Å². The molecule has 7 heteroatoms. The first-order chi connectivity index (χ1) is 10.2. The Labute approximate surface area is 130 Å². The molecule has 1 aromatic rings. The maximum atomic E-state index is 13.6. The van der Waals surface area contributed by atoms with Crippen LogP contribution in [0.25, 0.3) is 0 Å². The minimum Gasteiger partial charge on any atom is -0.331 e. The van der Waals surface area contributed by atoms with Gasteiger partial charge in [-0.2, -0.15) is 0 Å². The van der Waals surface area contributed by atoms with Gasteiger partial charge in [-0.3, -0.25) is 0 Å². The zero-order valence-corrected chi connectivity index (χ0v) is 13.8. The lowest BCUT2D eigenvalue weighted by Crippen LogP contribution is -2.48. The summed E-state index contributed by atoms with van der Waals surface area (Å²) in [7, 11) is -3.01. The molecule has 0 radical (unpaired) electrons. The van der Waals surface area contributed by atoms with E-state index in [0.29, 0.717) is 11.1 Å². The van der Waals surface area contributed by atoms with Crippen LogP contribution in [0.4, 0.5) is 9.18 Å². The minimum atomic E-state index is -3.01. The lowest BCUT2D eigenvalue weighted by Gasteiger charge is -2.28. The van der Waals surface area contributed by atoms with E-state index < -0.39 is 9.84 Å². The fourth-order valence-electron chi connectivity index (χ4n) is 2.50. The van der Waals surface area contributed by atoms with E-state index in [9.17, 15) is 17.6 Å². The standard InChI is InChI=1S/C15H21FN2O3S/c1-10-8-13(9-11(2)14(10)16)12(3)17-15(19)18-4-6-22(20,21)7-5-18/h8-9,12H,4-7H2,1-3H3,(H,17,19). The number of amides is 2. The molecule has 1 fully saturated rings. The van der Waals surface area contributed by atoms with Gasteiger partial charge >= 0.3 is 6.03 Å².